The summed E-state index contributed by atoms with van der Waals surface area (Å²) in [6.45, 7) is 0.235. The highest BCUT2D eigenvalue weighted by Gasteiger charge is 2.15. The minimum absolute atomic E-state index is 0.165. The van der Waals surface area contributed by atoms with Crippen molar-refractivity contribution >= 4 is 57.9 Å². The highest BCUT2D eigenvalue weighted by molar-refractivity contribution is 7.80. The van der Waals surface area contributed by atoms with Gasteiger partial charge in [0.2, 0.25) is 0 Å². The molecule has 4 N–H and O–H groups in total. The van der Waals surface area contributed by atoms with Gasteiger partial charge in [-0.3, -0.25) is 9.59 Å². The summed E-state index contributed by atoms with van der Waals surface area (Å²) in [6, 6.07) is 29.7. The van der Waals surface area contributed by atoms with Gasteiger partial charge in [-0.1, -0.05) is 60.7 Å². The molecule has 0 saturated heterocycles. The molecule has 0 unspecified atom stereocenters. The lowest BCUT2D eigenvalue weighted by molar-refractivity contribution is -0.117. The third kappa shape index (κ3) is 7.11. The first-order chi connectivity index (χ1) is 17.6. The lowest BCUT2D eigenvalue weighted by Crippen LogP contribution is -2.34. The predicted molar refractivity (Wildman–Crippen MR) is 151 cm³/mol. The average Bonchev–Trinajstić information content (AvgIpc) is 3.42. The lowest BCUT2D eigenvalue weighted by Gasteiger charge is -2.15. The van der Waals surface area contributed by atoms with Crippen molar-refractivity contribution in [3.8, 4) is 0 Å². The first-order valence-electron chi connectivity index (χ1n) is 11.2. The highest BCUT2D eigenvalue weighted by Crippen LogP contribution is 2.17. The Balaban J connectivity index is 1.44. The first-order valence-corrected chi connectivity index (χ1v) is 12.5. The molecule has 1 aromatic heterocycles. The summed E-state index contributed by atoms with van der Waals surface area (Å²) in [7, 11) is 0. The zero-order valence-corrected chi connectivity index (χ0v) is 20.9. The molecule has 0 fully saturated rings. The maximum Gasteiger partial charge on any atom is 0.268 e. The maximum absolute atomic E-state index is 13.1. The monoisotopic (exact) mass is 512 g/mol. The molecule has 6 nitrogen and oxygen atoms in total. The van der Waals surface area contributed by atoms with E-state index < -0.39 is 5.91 Å². The van der Waals surface area contributed by atoms with E-state index in [1.807, 2.05) is 78.2 Å². The second-order valence-corrected chi connectivity index (χ2v) is 9.07. The Labute approximate surface area is 219 Å². The number of para-hydroxylation sites is 2. The number of hydrogen-bond donors (Lipinski definition) is 4. The van der Waals surface area contributed by atoms with E-state index in [0.717, 1.165) is 21.8 Å². The zero-order valence-electron chi connectivity index (χ0n) is 19.2. The van der Waals surface area contributed by atoms with E-state index in [1.54, 1.807) is 30.3 Å². The van der Waals surface area contributed by atoms with E-state index in [-0.39, 0.29) is 18.1 Å². The van der Waals surface area contributed by atoms with Gasteiger partial charge in [0.15, 0.2) is 5.11 Å². The Morgan fingerprint density at radius 2 is 1.50 bits per heavy atom. The molecule has 8 heteroatoms. The summed E-state index contributed by atoms with van der Waals surface area (Å²) in [5.41, 5.74) is 3.11. The molecule has 0 aliphatic heterocycles. The van der Waals surface area contributed by atoms with Gasteiger partial charge in [-0.05, 0) is 65.6 Å². The van der Waals surface area contributed by atoms with Gasteiger partial charge >= 0.3 is 0 Å². The third-order valence-electron chi connectivity index (χ3n) is 5.10. The molecule has 0 radical (unpaired) electrons. The van der Waals surface area contributed by atoms with E-state index in [0.29, 0.717) is 10.7 Å². The summed E-state index contributed by atoms with van der Waals surface area (Å²) in [5, 5.41) is 14.3. The summed E-state index contributed by atoms with van der Waals surface area (Å²) < 4.78 is 0. The number of carbonyl (C=O) groups is 2. The Bertz CT molecular complexity index is 1350. The number of nitrogens with one attached hydrogen (secondary N) is 4. The minimum atomic E-state index is -0.396. The van der Waals surface area contributed by atoms with E-state index in [1.165, 1.54) is 11.3 Å². The summed E-state index contributed by atoms with van der Waals surface area (Å²) in [4.78, 5) is 26.7. The van der Waals surface area contributed by atoms with Gasteiger partial charge in [-0.15, -0.1) is 11.3 Å². The summed E-state index contributed by atoms with van der Waals surface area (Å²) in [5.74, 6) is -0.750. The topological polar surface area (TPSA) is 82.3 Å². The predicted octanol–water partition coefficient (Wildman–Crippen LogP) is 5.64. The molecule has 0 aliphatic rings. The SMILES string of the molecule is O=C(NCc1ccccc1NC(=S)Nc1ccccc1)/C(=C/c1cccs1)NC(=O)c1ccccc1. The van der Waals surface area contributed by atoms with Crippen LogP contribution in [-0.4, -0.2) is 16.9 Å². The van der Waals surface area contributed by atoms with Crippen molar-refractivity contribution in [1.29, 1.82) is 0 Å². The van der Waals surface area contributed by atoms with Crippen molar-refractivity contribution in [3.05, 3.63) is 124 Å². The van der Waals surface area contributed by atoms with Gasteiger partial charge in [-0.2, -0.15) is 0 Å². The second kappa shape index (κ2) is 12.4. The number of thiocarbonyl (C=S) groups is 1. The number of thiophene rings is 1. The molecule has 0 saturated carbocycles. The number of anilines is 2. The molecule has 0 aliphatic carbocycles. The molecular formula is C28H24N4O2S2. The van der Waals surface area contributed by atoms with E-state index in [2.05, 4.69) is 21.3 Å². The number of carbonyl (C=O) groups excluding carboxylic acids is 2. The standard InChI is InChI=1S/C28H24N4O2S2/c33-26(20-10-3-1-4-11-20)31-25(18-23-15-9-17-36-23)27(34)29-19-21-12-7-8-16-24(21)32-28(35)30-22-13-5-2-6-14-22/h1-18H,19H2,(H,29,34)(H,31,33)(H2,30,32,35)/b25-18-. The number of rotatable bonds is 8. The van der Waals surface area contributed by atoms with Crippen molar-refractivity contribution in [2.75, 3.05) is 10.6 Å². The van der Waals surface area contributed by atoms with Crippen LogP contribution in [0, 0.1) is 0 Å². The molecular weight excluding hydrogens is 488 g/mol. The van der Waals surface area contributed by atoms with Gasteiger partial charge in [-0.25, -0.2) is 0 Å². The number of amides is 2. The van der Waals surface area contributed by atoms with Crippen LogP contribution in [0.1, 0.15) is 20.8 Å². The van der Waals surface area contributed by atoms with Crippen LogP contribution in [0.15, 0.2) is 108 Å². The average molecular weight is 513 g/mol. The number of benzene rings is 3. The van der Waals surface area contributed by atoms with Crippen LogP contribution in [0.2, 0.25) is 0 Å². The molecule has 4 aromatic rings. The van der Waals surface area contributed by atoms with Crippen LogP contribution in [0.25, 0.3) is 6.08 Å². The quantitative estimate of drug-likeness (QED) is 0.181. The molecule has 0 atom stereocenters. The Morgan fingerprint density at radius 3 is 2.22 bits per heavy atom. The fraction of sp³-hybridized carbons (Fsp3) is 0.0357. The van der Waals surface area contributed by atoms with Crippen molar-refractivity contribution < 1.29 is 9.59 Å². The van der Waals surface area contributed by atoms with Gasteiger partial charge in [0.25, 0.3) is 11.8 Å². The normalized spacial score (nSPS) is 10.8. The zero-order chi connectivity index (χ0) is 25.2. The van der Waals surface area contributed by atoms with Crippen LogP contribution in [-0.2, 0) is 11.3 Å². The second-order valence-electron chi connectivity index (χ2n) is 7.68. The fourth-order valence-electron chi connectivity index (χ4n) is 3.33. The molecule has 1 heterocycles. The van der Waals surface area contributed by atoms with Gasteiger partial charge in [0.05, 0.1) is 0 Å². The largest absolute Gasteiger partial charge is 0.347 e. The molecule has 4 rings (SSSR count). The minimum Gasteiger partial charge on any atom is -0.347 e. The third-order valence-corrected chi connectivity index (χ3v) is 6.12. The Kier molecular flexibility index (Phi) is 8.58. The van der Waals surface area contributed by atoms with Crippen LogP contribution in [0.4, 0.5) is 11.4 Å². The van der Waals surface area contributed by atoms with Crippen LogP contribution in [0.5, 0.6) is 0 Å². The molecule has 2 amide bonds. The van der Waals surface area contributed by atoms with Crippen molar-refractivity contribution in [2.45, 2.75) is 6.54 Å². The van der Waals surface area contributed by atoms with E-state index >= 15 is 0 Å². The number of hydrogen-bond acceptors (Lipinski definition) is 4. The van der Waals surface area contributed by atoms with Crippen molar-refractivity contribution in [2.24, 2.45) is 0 Å². The van der Waals surface area contributed by atoms with Crippen molar-refractivity contribution in [1.82, 2.24) is 10.6 Å². The molecule has 36 heavy (non-hydrogen) atoms. The smallest absolute Gasteiger partial charge is 0.268 e. The summed E-state index contributed by atoms with van der Waals surface area (Å²) in [6.07, 6.45) is 1.67. The van der Waals surface area contributed by atoms with Crippen LogP contribution >= 0.6 is 23.6 Å². The summed E-state index contributed by atoms with van der Waals surface area (Å²) >= 11 is 6.93. The van der Waals surface area contributed by atoms with E-state index in [4.69, 9.17) is 12.2 Å². The van der Waals surface area contributed by atoms with Crippen molar-refractivity contribution in [3.63, 3.8) is 0 Å². The van der Waals surface area contributed by atoms with Gasteiger partial charge in [0, 0.05) is 28.4 Å². The highest BCUT2D eigenvalue weighted by atomic mass is 32.1. The molecule has 0 bridgehead atoms. The lowest BCUT2D eigenvalue weighted by atomic mass is 10.1. The van der Waals surface area contributed by atoms with E-state index in [9.17, 15) is 9.59 Å². The Hall–Kier alpha value is -4.27. The molecule has 180 valence electrons. The molecule has 0 spiro atoms. The van der Waals surface area contributed by atoms with Crippen LogP contribution < -0.4 is 21.3 Å². The Morgan fingerprint density at radius 1 is 0.806 bits per heavy atom. The fourth-order valence-corrected chi connectivity index (χ4v) is 4.22. The maximum atomic E-state index is 13.1. The van der Waals surface area contributed by atoms with Gasteiger partial charge < -0.3 is 21.3 Å². The first kappa shape index (κ1) is 24.8. The van der Waals surface area contributed by atoms with Crippen LogP contribution in [0.3, 0.4) is 0 Å². The molecule has 3 aromatic carbocycles. The van der Waals surface area contributed by atoms with Gasteiger partial charge in [0.1, 0.15) is 5.70 Å².